The highest BCUT2D eigenvalue weighted by atomic mass is 15.3. The maximum absolute atomic E-state index is 4.41. The van der Waals surface area contributed by atoms with Crippen molar-refractivity contribution in [3.05, 3.63) is 36.8 Å². The van der Waals surface area contributed by atoms with Crippen LogP contribution in [0.3, 0.4) is 0 Å². The van der Waals surface area contributed by atoms with Gasteiger partial charge in [-0.3, -0.25) is 0 Å². The average Bonchev–Trinajstić information content (AvgIpc) is 3.01. The highest BCUT2D eigenvalue weighted by Gasteiger charge is 2.13. The third-order valence-corrected chi connectivity index (χ3v) is 3.55. The second-order valence-electron chi connectivity index (χ2n) is 4.90. The van der Waals surface area contributed by atoms with Crippen LogP contribution in [-0.4, -0.2) is 34.4 Å². The largest absolute Gasteiger partial charge is 0.382 e. The van der Waals surface area contributed by atoms with Gasteiger partial charge < -0.3 is 10.6 Å². The summed E-state index contributed by atoms with van der Waals surface area (Å²) in [5, 5.41) is 11.2. The second kappa shape index (κ2) is 5.84. The number of rotatable bonds is 4. The summed E-state index contributed by atoms with van der Waals surface area (Å²) >= 11 is 0. The Balaban J connectivity index is 1.70. The summed E-state index contributed by atoms with van der Waals surface area (Å²) < 4.78 is 1.80. The minimum Gasteiger partial charge on any atom is -0.382 e. The molecule has 19 heavy (non-hydrogen) atoms. The standard InChI is InChI=1S/C14H19N5/c1-3-13(17-11-12-4-8-15-9-5-12)14(16-6-1)19-10-2-7-18-19/h1-3,6-7,10,12,15,17H,4-5,8-9,11H2. The lowest BCUT2D eigenvalue weighted by atomic mass is 9.98. The van der Waals surface area contributed by atoms with Gasteiger partial charge in [-0.2, -0.15) is 5.10 Å². The normalized spacial score (nSPS) is 16.4. The van der Waals surface area contributed by atoms with E-state index >= 15 is 0 Å². The topological polar surface area (TPSA) is 54.8 Å². The molecule has 2 aromatic heterocycles. The molecule has 0 atom stereocenters. The van der Waals surface area contributed by atoms with Crippen LogP contribution in [0.2, 0.25) is 0 Å². The van der Waals surface area contributed by atoms with Crippen molar-refractivity contribution in [2.24, 2.45) is 5.92 Å². The van der Waals surface area contributed by atoms with Crippen molar-refractivity contribution in [1.29, 1.82) is 0 Å². The number of anilines is 1. The molecule has 0 unspecified atom stereocenters. The van der Waals surface area contributed by atoms with E-state index in [1.54, 1.807) is 17.1 Å². The number of hydrogen-bond donors (Lipinski definition) is 2. The lowest BCUT2D eigenvalue weighted by molar-refractivity contribution is 0.390. The van der Waals surface area contributed by atoms with E-state index in [2.05, 4.69) is 26.8 Å². The maximum atomic E-state index is 4.41. The number of hydrogen-bond acceptors (Lipinski definition) is 4. The molecular weight excluding hydrogens is 238 g/mol. The molecule has 5 heteroatoms. The quantitative estimate of drug-likeness (QED) is 0.875. The SMILES string of the molecule is c1cnc(-n2cccn2)c(NCC2CCNCC2)c1. The summed E-state index contributed by atoms with van der Waals surface area (Å²) in [6.07, 6.45) is 7.96. The number of aromatic nitrogens is 3. The molecule has 0 bridgehead atoms. The molecule has 1 aliphatic heterocycles. The van der Waals surface area contributed by atoms with E-state index in [0.29, 0.717) is 0 Å². The highest BCUT2D eigenvalue weighted by molar-refractivity contribution is 5.56. The number of nitrogens with one attached hydrogen (secondary N) is 2. The number of nitrogens with zero attached hydrogens (tertiary/aromatic N) is 3. The molecule has 0 aliphatic carbocycles. The first-order chi connectivity index (χ1) is 9.43. The molecule has 0 amide bonds. The van der Waals surface area contributed by atoms with Gasteiger partial charge in [-0.05, 0) is 50.0 Å². The van der Waals surface area contributed by atoms with Gasteiger partial charge in [-0.1, -0.05) is 0 Å². The van der Waals surface area contributed by atoms with Crippen molar-refractivity contribution in [2.75, 3.05) is 25.0 Å². The van der Waals surface area contributed by atoms with Crippen LogP contribution < -0.4 is 10.6 Å². The van der Waals surface area contributed by atoms with Gasteiger partial charge in [0, 0.05) is 25.1 Å². The Morgan fingerprint density at radius 3 is 2.95 bits per heavy atom. The van der Waals surface area contributed by atoms with Crippen LogP contribution in [0.5, 0.6) is 0 Å². The highest BCUT2D eigenvalue weighted by Crippen LogP contribution is 2.18. The predicted octanol–water partition coefficient (Wildman–Crippen LogP) is 1.68. The van der Waals surface area contributed by atoms with Crippen molar-refractivity contribution < 1.29 is 0 Å². The molecule has 3 heterocycles. The predicted molar refractivity (Wildman–Crippen MR) is 75.4 cm³/mol. The molecule has 3 rings (SSSR count). The first-order valence-electron chi connectivity index (χ1n) is 6.83. The molecule has 5 nitrogen and oxygen atoms in total. The second-order valence-corrected chi connectivity index (χ2v) is 4.90. The summed E-state index contributed by atoms with van der Waals surface area (Å²) in [7, 11) is 0. The first kappa shape index (κ1) is 12.2. The van der Waals surface area contributed by atoms with Crippen molar-refractivity contribution >= 4 is 5.69 Å². The van der Waals surface area contributed by atoms with Crippen LogP contribution in [0, 0.1) is 5.92 Å². The van der Waals surface area contributed by atoms with Gasteiger partial charge in [0.15, 0.2) is 5.82 Å². The lowest BCUT2D eigenvalue weighted by Gasteiger charge is -2.23. The molecular formula is C14H19N5. The van der Waals surface area contributed by atoms with Crippen LogP contribution in [0.4, 0.5) is 5.69 Å². The number of piperidine rings is 1. The zero-order valence-corrected chi connectivity index (χ0v) is 10.9. The van der Waals surface area contributed by atoms with Crippen molar-refractivity contribution in [3.63, 3.8) is 0 Å². The van der Waals surface area contributed by atoms with Crippen molar-refractivity contribution in [1.82, 2.24) is 20.1 Å². The summed E-state index contributed by atoms with van der Waals surface area (Å²) in [4.78, 5) is 4.41. The van der Waals surface area contributed by atoms with E-state index in [1.807, 2.05) is 18.3 Å². The fourth-order valence-corrected chi connectivity index (χ4v) is 2.45. The van der Waals surface area contributed by atoms with Gasteiger partial charge in [0.25, 0.3) is 0 Å². The monoisotopic (exact) mass is 257 g/mol. The smallest absolute Gasteiger partial charge is 0.176 e. The molecule has 1 saturated heterocycles. The van der Waals surface area contributed by atoms with Gasteiger partial charge in [-0.15, -0.1) is 0 Å². The van der Waals surface area contributed by atoms with Gasteiger partial charge in [0.1, 0.15) is 0 Å². The number of pyridine rings is 1. The minimum atomic E-state index is 0.743. The zero-order chi connectivity index (χ0) is 12.9. The Labute approximate surface area is 113 Å². The Hall–Kier alpha value is -1.88. The van der Waals surface area contributed by atoms with Gasteiger partial charge >= 0.3 is 0 Å². The zero-order valence-electron chi connectivity index (χ0n) is 10.9. The fourth-order valence-electron chi connectivity index (χ4n) is 2.45. The van der Waals surface area contributed by atoms with E-state index in [4.69, 9.17) is 0 Å². The molecule has 100 valence electrons. The van der Waals surface area contributed by atoms with E-state index in [9.17, 15) is 0 Å². The Morgan fingerprint density at radius 1 is 1.26 bits per heavy atom. The van der Waals surface area contributed by atoms with E-state index in [-0.39, 0.29) is 0 Å². The van der Waals surface area contributed by atoms with Gasteiger partial charge in [0.2, 0.25) is 0 Å². The molecule has 1 fully saturated rings. The van der Waals surface area contributed by atoms with Crippen LogP contribution in [-0.2, 0) is 0 Å². The van der Waals surface area contributed by atoms with Gasteiger partial charge in [0.05, 0.1) is 5.69 Å². The summed E-state index contributed by atoms with van der Waals surface area (Å²) in [5.41, 5.74) is 1.05. The van der Waals surface area contributed by atoms with Crippen molar-refractivity contribution in [2.45, 2.75) is 12.8 Å². The van der Waals surface area contributed by atoms with Crippen LogP contribution >= 0.6 is 0 Å². The third kappa shape index (κ3) is 2.93. The Bertz CT molecular complexity index is 502. The molecule has 0 spiro atoms. The molecule has 2 aromatic rings. The van der Waals surface area contributed by atoms with E-state index in [1.165, 1.54) is 12.8 Å². The van der Waals surface area contributed by atoms with Crippen LogP contribution in [0.15, 0.2) is 36.8 Å². The van der Waals surface area contributed by atoms with Crippen molar-refractivity contribution in [3.8, 4) is 5.82 Å². The van der Waals surface area contributed by atoms with Crippen LogP contribution in [0.1, 0.15) is 12.8 Å². The molecule has 0 saturated carbocycles. The summed E-state index contributed by atoms with van der Waals surface area (Å²) in [6, 6.07) is 5.92. The summed E-state index contributed by atoms with van der Waals surface area (Å²) in [6.45, 7) is 3.26. The molecule has 0 radical (unpaired) electrons. The Morgan fingerprint density at radius 2 is 2.16 bits per heavy atom. The lowest BCUT2D eigenvalue weighted by Crippen LogP contribution is -2.31. The minimum absolute atomic E-state index is 0.743. The fraction of sp³-hybridized carbons (Fsp3) is 0.429. The first-order valence-corrected chi connectivity index (χ1v) is 6.83. The maximum Gasteiger partial charge on any atom is 0.176 e. The van der Waals surface area contributed by atoms with E-state index in [0.717, 1.165) is 37.1 Å². The molecule has 2 N–H and O–H groups in total. The molecule has 1 aliphatic rings. The van der Waals surface area contributed by atoms with E-state index < -0.39 is 0 Å². The third-order valence-electron chi connectivity index (χ3n) is 3.55. The summed E-state index contributed by atoms with van der Waals surface area (Å²) in [5.74, 6) is 1.60. The van der Waals surface area contributed by atoms with Gasteiger partial charge in [-0.25, -0.2) is 9.67 Å². The molecule has 0 aromatic carbocycles. The van der Waals surface area contributed by atoms with Crippen LogP contribution in [0.25, 0.3) is 5.82 Å². The average molecular weight is 257 g/mol. The Kier molecular flexibility index (Phi) is 3.74.